The lowest BCUT2D eigenvalue weighted by atomic mass is 9.78. The van der Waals surface area contributed by atoms with Gasteiger partial charge >= 0.3 is 0 Å². The van der Waals surface area contributed by atoms with Crippen LogP contribution in [-0.2, 0) is 22.0 Å². The van der Waals surface area contributed by atoms with Gasteiger partial charge < -0.3 is 5.11 Å². The Hall–Kier alpha value is -1.07. The molecule has 5 heteroatoms. The predicted molar refractivity (Wildman–Crippen MR) is 120 cm³/mol. The molecule has 3 nitrogen and oxygen atoms in total. The SMILES string of the molecule is CC(C)(C)c1cc(CCCCC(=O)N2CCSC2=S)cc(C(C)(C)C)c1O. The number of thiocarbonyl (C=S) groups is 1. The van der Waals surface area contributed by atoms with E-state index in [-0.39, 0.29) is 16.7 Å². The number of amides is 1. The number of hydrogen-bond donors (Lipinski definition) is 1. The van der Waals surface area contributed by atoms with Gasteiger partial charge in [0.1, 0.15) is 10.1 Å². The third-order valence-electron chi connectivity index (χ3n) is 4.95. The first kappa shape index (κ1) is 22.2. The molecule has 0 radical (unpaired) electrons. The highest BCUT2D eigenvalue weighted by Crippen LogP contribution is 2.40. The van der Waals surface area contributed by atoms with E-state index in [1.807, 2.05) is 0 Å². The Morgan fingerprint density at radius 1 is 1.11 bits per heavy atom. The topological polar surface area (TPSA) is 40.5 Å². The maximum Gasteiger partial charge on any atom is 0.228 e. The standard InChI is InChI=1S/C22H33NO2S2/c1-21(2,3)16-13-15(14-17(19(16)25)22(4,5)6)9-7-8-10-18(24)23-11-12-27-20(23)26/h13-14,25H,7-12H2,1-6H3. The molecule has 1 N–H and O–H groups in total. The van der Waals surface area contributed by atoms with Gasteiger partial charge in [-0.3, -0.25) is 9.69 Å². The van der Waals surface area contributed by atoms with Gasteiger partial charge in [0.25, 0.3) is 0 Å². The van der Waals surface area contributed by atoms with Crippen LogP contribution in [0.15, 0.2) is 12.1 Å². The molecule has 150 valence electrons. The summed E-state index contributed by atoms with van der Waals surface area (Å²) in [5, 5.41) is 10.8. The second-order valence-electron chi connectivity index (χ2n) is 9.41. The fourth-order valence-corrected chi connectivity index (χ4v) is 4.58. The van der Waals surface area contributed by atoms with Crippen LogP contribution in [0.25, 0.3) is 0 Å². The van der Waals surface area contributed by atoms with E-state index < -0.39 is 0 Å². The van der Waals surface area contributed by atoms with Crippen molar-refractivity contribution in [2.24, 2.45) is 0 Å². The van der Waals surface area contributed by atoms with Crippen molar-refractivity contribution in [1.29, 1.82) is 0 Å². The molecule has 1 aromatic carbocycles. The zero-order valence-corrected chi connectivity index (χ0v) is 19.1. The maximum absolute atomic E-state index is 12.3. The Kier molecular flexibility index (Phi) is 7.01. The van der Waals surface area contributed by atoms with Crippen LogP contribution in [0.2, 0.25) is 0 Å². The van der Waals surface area contributed by atoms with Crippen LogP contribution in [0.5, 0.6) is 5.75 Å². The smallest absolute Gasteiger partial charge is 0.228 e. The monoisotopic (exact) mass is 407 g/mol. The van der Waals surface area contributed by atoms with Crippen LogP contribution in [0.1, 0.15) is 77.5 Å². The van der Waals surface area contributed by atoms with Crippen LogP contribution in [0.4, 0.5) is 0 Å². The largest absolute Gasteiger partial charge is 0.507 e. The molecule has 1 amide bonds. The van der Waals surface area contributed by atoms with Crippen LogP contribution in [0.3, 0.4) is 0 Å². The van der Waals surface area contributed by atoms with Crippen molar-refractivity contribution in [3.63, 3.8) is 0 Å². The van der Waals surface area contributed by atoms with E-state index in [1.165, 1.54) is 5.56 Å². The number of carbonyl (C=O) groups excluding carboxylic acids is 1. The van der Waals surface area contributed by atoms with Crippen LogP contribution >= 0.6 is 24.0 Å². The first-order valence-electron chi connectivity index (χ1n) is 9.75. The molecule has 0 saturated carbocycles. The number of thioether (sulfide) groups is 1. The Labute approximate surface area is 173 Å². The lowest BCUT2D eigenvalue weighted by Gasteiger charge is -2.28. The quantitative estimate of drug-likeness (QED) is 0.512. The lowest BCUT2D eigenvalue weighted by molar-refractivity contribution is -0.126. The molecule has 1 fully saturated rings. The Morgan fingerprint density at radius 2 is 1.67 bits per heavy atom. The lowest BCUT2D eigenvalue weighted by Crippen LogP contribution is -2.30. The van der Waals surface area contributed by atoms with Gasteiger partial charge in [-0.15, -0.1) is 0 Å². The van der Waals surface area contributed by atoms with Crippen molar-refractivity contribution < 1.29 is 9.90 Å². The second-order valence-corrected chi connectivity index (χ2v) is 11.1. The minimum absolute atomic E-state index is 0.112. The summed E-state index contributed by atoms with van der Waals surface area (Å²) in [6.45, 7) is 13.6. The summed E-state index contributed by atoms with van der Waals surface area (Å²) in [6.07, 6.45) is 3.28. The van der Waals surface area contributed by atoms with Crippen LogP contribution in [0, 0.1) is 0 Å². The molecule has 27 heavy (non-hydrogen) atoms. The summed E-state index contributed by atoms with van der Waals surface area (Å²) in [6, 6.07) is 4.28. The molecule has 0 bridgehead atoms. The number of phenolic OH excluding ortho intramolecular Hbond substituents is 1. The highest BCUT2D eigenvalue weighted by Gasteiger charge is 2.26. The average Bonchev–Trinajstić information content (AvgIpc) is 2.96. The molecular weight excluding hydrogens is 374 g/mol. The molecule has 1 aromatic rings. The highest BCUT2D eigenvalue weighted by molar-refractivity contribution is 8.23. The zero-order chi connectivity index (χ0) is 20.4. The first-order chi connectivity index (χ1) is 12.4. The molecule has 1 aliphatic heterocycles. The summed E-state index contributed by atoms with van der Waals surface area (Å²) in [4.78, 5) is 14.0. The summed E-state index contributed by atoms with van der Waals surface area (Å²) < 4.78 is 0.725. The number of benzene rings is 1. The number of hydrogen-bond acceptors (Lipinski definition) is 4. The van der Waals surface area contributed by atoms with E-state index >= 15 is 0 Å². The second kappa shape index (κ2) is 8.52. The Bertz CT molecular complexity index is 679. The van der Waals surface area contributed by atoms with E-state index in [1.54, 1.807) is 16.7 Å². The normalized spacial score (nSPS) is 15.5. The fourth-order valence-electron chi connectivity index (χ4n) is 3.34. The minimum Gasteiger partial charge on any atom is -0.507 e. The van der Waals surface area contributed by atoms with Gasteiger partial charge in [0, 0.05) is 18.7 Å². The summed E-state index contributed by atoms with van der Waals surface area (Å²) in [5.74, 6) is 1.50. The molecular formula is C22H33NO2S2. The first-order valence-corrected chi connectivity index (χ1v) is 11.1. The van der Waals surface area contributed by atoms with Gasteiger partial charge in [0.05, 0.1) is 0 Å². The summed E-state index contributed by atoms with van der Waals surface area (Å²) in [7, 11) is 0. The summed E-state index contributed by atoms with van der Waals surface area (Å²) in [5.41, 5.74) is 3.02. The van der Waals surface area contributed by atoms with E-state index in [4.69, 9.17) is 12.2 Å². The van der Waals surface area contributed by atoms with Gasteiger partial charge in [-0.2, -0.15) is 0 Å². The molecule has 0 aromatic heterocycles. The third kappa shape index (κ3) is 5.71. The number of unbranched alkanes of at least 4 members (excludes halogenated alkanes) is 1. The molecule has 0 atom stereocenters. The van der Waals surface area contributed by atoms with E-state index in [2.05, 4.69) is 53.7 Å². The molecule has 1 saturated heterocycles. The van der Waals surface area contributed by atoms with Crippen molar-refractivity contribution in [1.82, 2.24) is 4.90 Å². The van der Waals surface area contributed by atoms with Crippen molar-refractivity contribution in [2.75, 3.05) is 12.3 Å². The van der Waals surface area contributed by atoms with E-state index in [0.29, 0.717) is 12.2 Å². The van der Waals surface area contributed by atoms with Crippen molar-refractivity contribution in [3.8, 4) is 5.75 Å². The van der Waals surface area contributed by atoms with Gasteiger partial charge in [-0.1, -0.05) is 77.7 Å². The number of nitrogens with zero attached hydrogens (tertiary/aromatic N) is 1. The highest BCUT2D eigenvalue weighted by atomic mass is 32.2. The van der Waals surface area contributed by atoms with Crippen molar-refractivity contribution >= 4 is 34.2 Å². The number of aromatic hydroxyl groups is 1. The minimum atomic E-state index is -0.112. The van der Waals surface area contributed by atoms with Crippen LogP contribution < -0.4 is 0 Å². The Balaban J connectivity index is 2.05. The van der Waals surface area contributed by atoms with Crippen molar-refractivity contribution in [2.45, 2.75) is 78.1 Å². The predicted octanol–water partition coefficient (Wildman–Crippen LogP) is 5.56. The van der Waals surface area contributed by atoms with Crippen LogP contribution in [-0.4, -0.2) is 32.5 Å². The average molecular weight is 408 g/mol. The fraction of sp³-hybridized carbons (Fsp3) is 0.636. The Morgan fingerprint density at radius 3 is 2.11 bits per heavy atom. The molecule has 0 spiro atoms. The molecule has 1 aliphatic rings. The number of phenols is 1. The number of carbonyl (C=O) groups is 1. The van der Waals surface area contributed by atoms with Gasteiger partial charge in [-0.05, 0) is 46.8 Å². The van der Waals surface area contributed by atoms with Crippen molar-refractivity contribution in [3.05, 3.63) is 28.8 Å². The maximum atomic E-state index is 12.3. The van der Waals surface area contributed by atoms with E-state index in [0.717, 1.165) is 47.0 Å². The van der Waals surface area contributed by atoms with E-state index in [9.17, 15) is 9.90 Å². The molecule has 0 aliphatic carbocycles. The summed E-state index contributed by atoms with van der Waals surface area (Å²) >= 11 is 6.82. The third-order valence-corrected chi connectivity index (χ3v) is 6.38. The van der Waals surface area contributed by atoms with Gasteiger partial charge in [-0.25, -0.2) is 0 Å². The number of aryl methyl sites for hydroxylation is 1. The molecule has 2 rings (SSSR count). The van der Waals surface area contributed by atoms with Gasteiger partial charge in [0.2, 0.25) is 5.91 Å². The molecule has 0 unspecified atom stereocenters. The zero-order valence-electron chi connectivity index (χ0n) is 17.5. The van der Waals surface area contributed by atoms with Gasteiger partial charge in [0.15, 0.2) is 0 Å². The number of rotatable bonds is 5. The molecule has 1 heterocycles.